The largest absolute Gasteiger partial charge is 0.493 e. The lowest BCUT2D eigenvalue weighted by molar-refractivity contribution is 0.355. The summed E-state index contributed by atoms with van der Waals surface area (Å²) in [5.41, 5.74) is 2.77. The summed E-state index contributed by atoms with van der Waals surface area (Å²) in [6, 6.07) is 6.63. The van der Waals surface area contributed by atoms with Crippen LogP contribution in [-0.2, 0) is 13.0 Å². The Morgan fingerprint density at radius 1 is 1.30 bits per heavy atom. The smallest absolute Gasteiger partial charge is 0.122 e. The average Bonchev–Trinajstić information content (AvgIpc) is 3.08. The minimum absolute atomic E-state index is 0.846. The van der Waals surface area contributed by atoms with E-state index in [-0.39, 0.29) is 0 Å². The Morgan fingerprint density at radius 3 is 3.00 bits per heavy atom. The molecule has 0 amide bonds. The van der Waals surface area contributed by atoms with Crippen LogP contribution in [-0.4, -0.2) is 25.1 Å². The van der Waals surface area contributed by atoms with Gasteiger partial charge in [0.2, 0.25) is 0 Å². The van der Waals surface area contributed by atoms with Crippen molar-refractivity contribution in [3.63, 3.8) is 0 Å². The molecule has 3 rings (SSSR count). The zero-order chi connectivity index (χ0) is 13.8. The molecular formula is C18H25NO. The van der Waals surface area contributed by atoms with E-state index in [4.69, 9.17) is 4.74 Å². The number of rotatable bonds is 5. The number of nitrogens with zero attached hydrogens (tertiary/aromatic N) is 1. The van der Waals surface area contributed by atoms with Gasteiger partial charge in [0.1, 0.15) is 5.75 Å². The Labute approximate surface area is 122 Å². The van der Waals surface area contributed by atoms with E-state index in [1.54, 1.807) is 0 Å². The zero-order valence-electron chi connectivity index (χ0n) is 12.5. The molecule has 0 atom stereocenters. The number of likely N-dealkylation sites (N-methyl/N-ethyl adjacent to an activating group) is 1. The first-order chi connectivity index (χ1) is 9.81. The highest BCUT2D eigenvalue weighted by atomic mass is 16.5. The molecule has 1 saturated carbocycles. The molecule has 2 aliphatic rings. The highest BCUT2D eigenvalue weighted by molar-refractivity contribution is 5.39. The predicted molar refractivity (Wildman–Crippen MR) is 83.1 cm³/mol. The van der Waals surface area contributed by atoms with E-state index in [1.807, 2.05) is 0 Å². The van der Waals surface area contributed by atoms with E-state index in [1.165, 1.54) is 36.8 Å². The molecule has 0 N–H and O–H groups in total. The molecule has 0 aromatic heterocycles. The van der Waals surface area contributed by atoms with E-state index in [2.05, 4.69) is 42.3 Å². The Kier molecular flexibility index (Phi) is 4.41. The number of hydrogen-bond donors (Lipinski definition) is 0. The molecule has 20 heavy (non-hydrogen) atoms. The van der Waals surface area contributed by atoms with Crippen LogP contribution in [0.15, 0.2) is 30.4 Å². The summed E-state index contributed by atoms with van der Waals surface area (Å²) < 4.78 is 5.56. The Hall–Kier alpha value is -1.28. The lowest BCUT2D eigenvalue weighted by atomic mass is 10.1. The minimum atomic E-state index is 0.846. The van der Waals surface area contributed by atoms with Gasteiger partial charge < -0.3 is 4.74 Å². The maximum atomic E-state index is 5.56. The van der Waals surface area contributed by atoms with Crippen LogP contribution in [0.2, 0.25) is 0 Å². The highest BCUT2D eigenvalue weighted by Gasteiger charge is 2.13. The summed E-state index contributed by atoms with van der Waals surface area (Å²) in [7, 11) is 2.20. The fraction of sp³-hybridized carbons (Fsp3) is 0.556. The van der Waals surface area contributed by atoms with Crippen molar-refractivity contribution in [1.82, 2.24) is 4.90 Å². The quantitative estimate of drug-likeness (QED) is 0.755. The number of hydrogen-bond acceptors (Lipinski definition) is 2. The molecule has 2 heteroatoms. The van der Waals surface area contributed by atoms with E-state index in [0.29, 0.717) is 0 Å². The molecule has 0 spiro atoms. The van der Waals surface area contributed by atoms with Crippen molar-refractivity contribution >= 4 is 0 Å². The Balaban J connectivity index is 1.49. The molecule has 0 unspecified atom stereocenters. The number of allylic oxidation sites excluding steroid dienone is 1. The van der Waals surface area contributed by atoms with Crippen molar-refractivity contribution in [2.45, 2.75) is 38.6 Å². The Morgan fingerprint density at radius 2 is 2.15 bits per heavy atom. The maximum absolute atomic E-state index is 5.56. The van der Waals surface area contributed by atoms with E-state index >= 15 is 0 Å². The van der Waals surface area contributed by atoms with Crippen molar-refractivity contribution in [2.24, 2.45) is 5.92 Å². The summed E-state index contributed by atoms with van der Waals surface area (Å²) in [5, 5.41) is 0. The van der Waals surface area contributed by atoms with Gasteiger partial charge in [0.15, 0.2) is 0 Å². The minimum Gasteiger partial charge on any atom is -0.493 e. The summed E-state index contributed by atoms with van der Waals surface area (Å²) in [5.74, 6) is 1.93. The van der Waals surface area contributed by atoms with Gasteiger partial charge in [-0.15, -0.1) is 0 Å². The molecule has 0 radical (unpaired) electrons. The summed E-state index contributed by atoms with van der Waals surface area (Å²) >= 11 is 0. The second-order valence-corrected chi connectivity index (χ2v) is 6.21. The first kappa shape index (κ1) is 13.7. The first-order valence-corrected chi connectivity index (χ1v) is 7.91. The Bertz CT molecular complexity index is 474. The third-order valence-corrected chi connectivity index (χ3v) is 4.43. The first-order valence-electron chi connectivity index (χ1n) is 7.91. The second-order valence-electron chi connectivity index (χ2n) is 6.21. The molecule has 0 bridgehead atoms. The van der Waals surface area contributed by atoms with Crippen LogP contribution in [0.3, 0.4) is 0 Å². The van der Waals surface area contributed by atoms with Gasteiger partial charge in [-0.25, -0.2) is 0 Å². The van der Waals surface area contributed by atoms with Gasteiger partial charge in [-0.3, -0.25) is 4.90 Å². The van der Waals surface area contributed by atoms with Gasteiger partial charge >= 0.3 is 0 Å². The molecule has 108 valence electrons. The lowest BCUT2D eigenvalue weighted by Crippen LogP contribution is -2.17. The molecule has 1 aliphatic carbocycles. The predicted octanol–water partition coefficient (Wildman–Crippen LogP) is 3.80. The molecule has 1 fully saturated rings. The molecule has 1 aromatic rings. The molecule has 1 heterocycles. The van der Waals surface area contributed by atoms with Crippen molar-refractivity contribution in [2.75, 3.05) is 20.2 Å². The maximum Gasteiger partial charge on any atom is 0.122 e. The zero-order valence-corrected chi connectivity index (χ0v) is 12.5. The average molecular weight is 271 g/mol. The van der Waals surface area contributed by atoms with Crippen LogP contribution < -0.4 is 4.74 Å². The van der Waals surface area contributed by atoms with Gasteiger partial charge in [0, 0.05) is 19.5 Å². The molecular weight excluding hydrogens is 246 g/mol. The van der Waals surface area contributed by atoms with E-state index < -0.39 is 0 Å². The fourth-order valence-electron chi connectivity index (χ4n) is 3.30. The topological polar surface area (TPSA) is 12.5 Å². The van der Waals surface area contributed by atoms with Gasteiger partial charge in [0.25, 0.3) is 0 Å². The van der Waals surface area contributed by atoms with Gasteiger partial charge in [-0.1, -0.05) is 37.1 Å². The van der Waals surface area contributed by atoms with Crippen LogP contribution in [0, 0.1) is 5.92 Å². The van der Waals surface area contributed by atoms with Crippen molar-refractivity contribution < 1.29 is 4.74 Å². The van der Waals surface area contributed by atoms with Crippen molar-refractivity contribution in [3.8, 4) is 5.75 Å². The lowest BCUT2D eigenvalue weighted by Gasteiger charge is -2.15. The highest BCUT2D eigenvalue weighted by Crippen LogP contribution is 2.27. The van der Waals surface area contributed by atoms with Crippen LogP contribution in [0.4, 0.5) is 0 Å². The number of fused-ring (bicyclic) bond motifs is 1. The third kappa shape index (κ3) is 3.43. The van der Waals surface area contributed by atoms with Crippen LogP contribution in [0.25, 0.3) is 0 Å². The molecule has 1 aromatic carbocycles. The molecule has 1 aliphatic heterocycles. The van der Waals surface area contributed by atoms with Gasteiger partial charge in [-0.2, -0.15) is 0 Å². The molecule has 2 nitrogen and oxygen atoms in total. The monoisotopic (exact) mass is 271 g/mol. The van der Waals surface area contributed by atoms with Gasteiger partial charge in [-0.05, 0) is 43.0 Å². The standard InChI is InChI=1S/C18H25NO/c1-19(11-4-7-15-5-2-3-6-15)14-16-8-9-18-17(13-16)10-12-20-18/h4,7-9,13,15H,2-3,5-6,10-12,14H2,1H3. The SMILES string of the molecule is CN(CC=CC1CCCC1)Cc1ccc2c(c1)CCO2. The van der Waals surface area contributed by atoms with Crippen molar-refractivity contribution in [1.29, 1.82) is 0 Å². The number of benzene rings is 1. The van der Waals surface area contributed by atoms with Crippen LogP contribution >= 0.6 is 0 Å². The summed E-state index contributed by atoms with van der Waals surface area (Å²) in [4.78, 5) is 2.38. The third-order valence-electron chi connectivity index (χ3n) is 4.43. The number of ether oxygens (including phenoxy) is 1. The van der Waals surface area contributed by atoms with E-state index in [9.17, 15) is 0 Å². The normalized spacial score (nSPS) is 18.9. The van der Waals surface area contributed by atoms with Crippen molar-refractivity contribution in [3.05, 3.63) is 41.5 Å². The fourth-order valence-corrected chi connectivity index (χ4v) is 3.30. The second kappa shape index (κ2) is 6.45. The van der Waals surface area contributed by atoms with E-state index in [0.717, 1.165) is 37.8 Å². The van der Waals surface area contributed by atoms with Gasteiger partial charge in [0.05, 0.1) is 6.61 Å². The van der Waals surface area contributed by atoms with Crippen LogP contribution in [0.5, 0.6) is 5.75 Å². The summed E-state index contributed by atoms with van der Waals surface area (Å²) in [6.45, 7) is 2.91. The summed E-state index contributed by atoms with van der Waals surface area (Å²) in [6.07, 6.45) is 11.5. The molecule has 0 saturated heterocycles. The van der Waals surface area contributed by atoms with Crippen LogP contribution in [0.1, 0.15) is 36.8 Å².